The molecule has 1 aromatic heterocycles. The van der Waals surface area contributed by atoms with Gasteiger partial charge in [-0.1, -0.05) is 19.3 Å². The Hall–Kier alpha value is -2.30. The summed E-state index contributed by atoms with van der Waals surface area (Å²) < 4.78 is 1.48. The molecule has 0 aliphatic heterocycles. The average Bonchev–Trinajstić information content (AvgIpc) is 2.93. The summed E-state index contributed by atoms with van der Waals surface area (Å²) in [5.74, 6) is 0.0541. The summed E-state index contributed by atoms with van der Waals surface area (Å²) in [4.78, 5) is 26.3. The molecule has 1 aliphatic carbocycles. The maximum Gasteiger partial charge on any atom is 0.271 e. The number of hydrogen-bond acceptors (Lipinski definition) is 2. The molecular weight excluding hydrogens is 290 g/mol. The highest BCUT2D eigenvalue weighted by molar-refractivity contribution is 5.94. The van der Waals surface area contributed by atoms with Crippen LogP contribution in [0.4, 0.5) is 0 Å². The fourth-order valence-corrected chi connectivity index (χ4v) is 3.30. The molecule has 0 spiro atoms. The lowest BCUT2D eigenvalue weighted by Gasteiger charge is -2.31. The van der Waals surface area contributed by atoms with E-state index in [0.29, 0.717) is 11.6 Å². The Morgan fingerprint density at radius 1 is 1.17 bits per heavy atom. The van der Waals surface area contributed by atoms with Crippen LogP contribution in [0.3, 0.4) is 0 Å². The highest BCUT2D eigenvalue weighted by Crippen LogP contribution is 2.23. The Balaban J connectivity index is 1.77. The normalized spacial score (nSPS) is 15.6. The highest BCUT2D eigenvalue weighted by Gasteiger charge is 2.22. The first-order chi connectivity index (χ1) is 11.1. The Kier molecular flexibility index (Phi) is 4.37. The summed E-state index contributed by atoms with van der Waals surface area (Å²) in [6, 6.07) is 9.10. The van der Waals surface area contributed by atoms with Crippen molar-refractivity contribution < 1.29 is 4.79 Å². The first-order valence-corrected chi connectivity index (χ1v) is 8.22. The topological polar surface area (TPSA) is 58.1 Å². The zero-order valence-corrected chi connectivity index (χ0v) is 13.7. The van der Waals surface area contributed by atoms with Crippen LogP contribution in [0, 0.1) is 6.92 Å². The van der Waals surface area contributed by atoms with Crippen LogP contribution in [0.5, 0.6) is 0 Å². The molecule has 0 bridgehead atoms. The van der Waals surface area contributed by atoms with Gasteiger partial charge in [0, 0.05) is 30.4 Å². The van der Waals surface area contributed by atoms with Crippen molar-refractivity contribution in [2.24, 2.45) is 0 Å². The quantitative estimate of drug-likeness (QED) is 0.947. The van der Waals surface area contributed by atoms with E-state index in [1.807, 2.05) is 18.9 Å². The molecule has 122 valence electrons. The van der Waals surface area contributed by atoms with Gasteiger partial charge in [0.05, 0.1) is 5.69 Å². The van der Waals surface area contributed by atoms with E-state index in [9.17, 15) is 9.59 Å². The van der Waals surface area contributed by atoms with Crippen LogP contribution >= 0.6 is 0 Å². The number of carbonyl (C=O) groups excluding carboxylic acids is 1. The third kappa shape index (κ3) is 3.23. The van der Waals surface area contributed by atoms with Crippen LogP contribution in [0.15, 0.2) is 35.1 Å². The largest absolute Gasteiger partial charge is 0.339 e. The van der Waals surface area contributed by atoms with Gasteiger partial charge in [-0.2, -0.15) is 0 Å². The summed E-state index contributed by atoms with van der Waals surface area (Å²) in [5, 5.41) is 2.99. The van der Waals surface area contributed by atoms with Crippen LogP contribution in [0.1, 0.15) is 48.2 Å². The molecule has 1 N–H and O–H groups in total. The fraction of sp³-hybridized carbons (Fsp3) is 0.444. The second-order valence-corrected chi connectivity index (χ2v) is 6.37. The molecular formula is C18H23N3O2. The predicted octanol–water partition coefficient (Wildman–Crippen LogP) is 2.88. The van der Waals surface area contributed by atoms with Crippen molar-refractivity contribution in [2.75, 3.05) is 7.05 Å². The zero-order valence-electron chi connectivity index (χ0n) is 13.7. The smallest absolute Gasteiger partial charge is 0.271 e. The van der Waals surface area contributed by atoms with E-state index in [1.54, 1.807) is 30.3 Å². The van der Waals surface area contributed by atoms with E-state index < -0.39 is 0 Å². The predicted molar refractivity (Wildman–Crippen MR) is 90.1 cm³/mol. The Morgan fingerprint density at radius 2 is 1.83 bits per heavy atom. The number of aromatic nitrogens is 2. The molecule has 5 nitrogen and oxygen atoms in total. The van der Waals surface area contributed by atoms with Gasteiger partial charge in [-0.3, -0.25) is 14.7 Å². The molecule has 23 heavy (non-hydrogen) atoms. The van der Waals surface area contributed by atoms with Crippen LogP contribution in [-0.4, -0.2) is 33.7 Å². The number of carbonyl (C=O) groups is 1. The van der Waals surface area contributed by atoms with Crippen LogP contribution in [0.2, 0.25) is 0 Å². The zero-order chi connectivity index (χ0) is 16.4. The molecule has 0 unspecified atom stereocenters. The number of aryl methyl sites for hydroxylation is 1. The number of rotatable bonds is 3. The van der Waals surface area contributed by atoms with Gasteiger partial charge in [-0.15, -0.1) is 0 Å². The minimum Gasteiger partial charge on any atom is -0.339 e. The van der Waals surface area contributed by atoms with Gasteiger partial charge < -0.3 is 4.90 Å². The number of benzene rings is 1. The van der Waals surface area contributed by atoms with Gasteiger partial charge in [-0.05, 0) is 44.0 Å². The summed E-state index contributed by atoms with van der Waals surface area (Å²) in [7, 11) is 1.89. The summed E-state index contributed by atoms with van der Waals surface area (Å²) in [5.41, 5.74) is 2.12. The van der Waals surface area contributed by atoms with E-state index >= 15 is 0 Å². The van der Waals surface area contributed by atoms with Crippen molar-refractivity contribution in [3.63, 3.8) is 0 Å². The molecule has 1 aliphatic rings. The van der Waals surface area contributed by atoms with Crippen molar-refractivity contribution in [1.82, 2.24) is 14.7 Å². The van der Waals surface area contributed by atoms with E-state index in [0.717, 1.165) is 24.2 Å². The number of H-pyrrole nitrogens is 1. The first-order valence-electron chi connectivity index (χ1n) is 8.22. The lowest BCUT2D eigenvalue weighted by Crippen LogP contribution is -2.38. The van der Waals surface area contributed by atoms with Gasteiger partial charge in [0.25, 0.3) is 11.5 Å². The first kappa shape index (κ1) is 15.6. The molecule has 2 aromatic rings. The molecule has 0 saturated heterocycles. The molecule has 1 heterocycles. The molecule has 3 rings (SSSR count). The van der Waals surface area contributed by atoms with Gasteiger partial charge >= 0.3 is 0 Å². The minimum absolute atomic E-state index is 0.0541. The van der Waals surface area contributed by atoms with E-state index in [2.05, 4.69) is 5.10 Å². The molecule has 1 aromatic carbocycles. The van der Waals surface area contributed by atoms with Crippen molar-refractivity contribution in [1.29, 1.82) is 0 Å². The maximum atomic E-state index is 12.6. The molecule has 1 fully saturated rings. The SMILES string of the molecule is Cc1cc(=O)n(-c2ccc(C(=O)N(C)C3CCCCC3)cc2)[nH]1. The van der Waals surface area contributed by atoms with Gasteiger partial charge in [0.1, 0.15) is 0 Å². The standard InChI is InChI=1S/C18H23N3O2/c1-13-12-17(22)21(19-13)16-10-8-14(9-11-16)18(23)20(2)15-6-4-3-5-7-15/h8-12,15,19H,3-7H2,1-2H3. The fourth-order valence-electron chi connectivity index (χ4n) is 3.30. The van der Waals surface area contributed by atoms with Crippen molar-refractivity contribution in [3.8, 4) is 5.69 Å². The number of hydrogen-bond donors (Lipinski definition) is 1. The number of nitrogens with one attached hydrogen (secondary N) is 1. The highest BCUT2D eigenvalue weighted by atomic mass is 16.2. The van der Waals surface area contributed by atoms with Gasteiger partial charge in [0.15, 0.2) is 0 Å². The Bertz CT molecular complexity index is 736. The van der Waals surface area contributed by atoms with Gasteiger partial charge in [0.2, 0.25) is 0 Å². The van der Waals surface area contributed by atoms with Crippen LogP contribution in [0.25, 0.3) is 5.69 Å². The molecule has 0 atom stereocenters. The van der Waals surface area contributed by atoms with Crippen molar-refractivity contribution in [2.45, 2.75) is 45.1 Å². The third-order valence-electron chi connectivity index (χ3n) is 4.66. The molecule has 1 amide bonds. The third-order valence-corrected chi connectivity index (χ3v) is 4.66. The number of amides is 1. The molecule has 0 radical (unpaired) electrons. The van der Waals surface area contributed by atoms with E-state index in [4.69, 9.17) is 0 Å². The Morgan fingerprint density at radius 3 is 2.39 bits per heavy atom. The lowest BCUT2D eigenvalue weighted by molar-refractivity contribution is 0.0696. The summed E-state index contributed by atoms with van der Waals surface area (Å²) >= 11 is 0. The molecule has 1 saturated carbocycles. The monoisotopic (exact) mass is 313 g/mol. The molecule has 5 heteroatoms. The number of aromatic amines is 1. The van der Waals surface area contributed by atoms with Crippen molar-refractivity contribution >= 4 is 5.91 Å². The second-order valence-electron chi connectivity index (χ2n) is 6.37. The lowest BCUT2D eigenvalue weighted by atomic mass is 9.94. The van der Waals surface area contributed by atoms with Crippen LogP contribution < -0.4 is 5.56 Å². The van der Waals surface area contributed by atoms with Crippen LogP contribution in [-0.2, 0) is 0 Å². The second kappa shape index (κ2) is 6.44. The van der Waals surface area contributed by atoms with Crippen molar-refractivity contribution in [3.05, 3.63) is 51.9 Å². The minimum atomic E-state index is -0.0964. The van der Waals surface area contributed by atoms with Gasteiger partial charge in [-0.25, -0.2) is 4.68 Å². The summed E-state index contributed by atoms with van der Waals surface area (Å²) in [6.07, 6.45) is 5.87. The van der Waals surface area contributed by atoms with E-state index in [-0.39, 0.29) is 11.5 Å². The number of nitrogens with zero attached hydrogens (tertiary/aromatic N) is 2. The van der Waals surface area contributed by atoms with E-state index in [1.165, 1.54) is 23.9 Å². The summed E-state index contributed by atoms with van der Waals surface area (Å²) in [6.45, 7) is 1.84. The average molecular weight is 313 g/mol. The maximum absolute atomic E-state index is 12.6. The Labute approximate surface area is 135 Å².